The van der Waals surface area contributed by atoms with Crippen molar-refractivity contribution in [2.24, 2.45) is 0 Å². The number of hydrogen-bond acceptors (Lipinski definition) is 3. The van der Waals surface area contributed by atoms with Gasteiger partial charge in [-0.25, -0.2) is 0 Å². The zero-order valence-corrected chi connectivity index (χ0v) is 10.3. The van der Waals surface area contributed by atoms with Crippen molar-refractivity contribution in [1.82, 2.24) is 0 Å². The van der Waals surface area contributed by atoms with Crippen molar-refractivity contribution in [3.63, 3.8) is 0 Å². The number of ketones is 1. The van der Waals surface area contributed by atoms with Gasteiger partial charge in [0.1, 0.15) is 5.75 Å². The smallest absolute Gasteiger partial charge is 0.237 e. The largest absolute Gasteiger partial charge is 0.458 e. The third-order valence-corrected chi connectivity index (χ3v) is 2.81. The molecule has 1 heterocycles. The van der Waals surface area contributed by atoms with Gasteiger partial charge in [-0.3, -0.25) is 4.79 Å². The molecule has 0 fully saturated rings. The monoisotopic (exact) mass is 232 g/mol. The molecule has 0 unspecified atom stereocenters. The Labute approximate surface area is 101 Å². The maximum atomic E-state index is 11.7. The summed E-state index contributed by atoms with van der Waals surface area (Å²) >= 11 is 0. The summed E-state index contributed by atoms with van der Waals surface area (Å²) in [7, 11) is 0. The number of fused-ring (bicyclic) bond motifs is 1. The molecule has 1 aliphatic heterocycles. The van der Waals surface area contributed by atoms with Crippen LogP contribution >= 0.6 is 0 Å². The average Bonchev–Trinajstić information content (AvgIpc) is 2.27. The van der Waals surface area contributed by atoms with Gasteiger partial charge in [-0.05, 0) is 26.0 Å². The van der Waals surface area contributed by atoms with Crippen molar-refractivity contribution in [1.29, 1.82) is 0 Å². The minimum absolute atomic E-state index is 0.0320. The Hall–Kier alpha value is -1.61. The van der Waals surface area contributed by atoms with Crippen LogP contribution in [-0.4, -0.2) is 18.2 Å². The van der Waals surface area contributed by atoms with Gasteiger partial charge in [0.05, 0.1) is 5.57 Å². The van der Waals surface area contributed by atoms with Crippen LogP contribution in [0.4, 0.5) is 0 Å². The van der Waals surface area contributed by atoms with Gasteiger partial charge in [-0.1, -0.05) is 18.2 Å². The van der Waals surface area contributed by atoms with Crippen LogP contribution < -0.4 is 4.74 Å². The predicted molar refractivity (Wildman–Crippen MR) is 65.8 cm³/mol. The summed E-state index contributed by atoms with van der Waals surface area (Å²) in [5.41, 5.74) is 1.47. The quantitative estimate of drug-likeness (QED) is 0.803. The standard InChI is InChI=1S/C14H16O3/c1-4-16-14(3)12(10(2)15)9-11-7-5-6-8-13(11)17-14/h5-9H,4H2,1-3H3/t14-/m0/s1. The Morgan fingerprint density at radius 3 is 2.76 bits per heavy atom. The van der Waals surface area contributed by atoms with E-state index in [1.165, 1.54) is 6.92 Å². The molecule has 0 aromatic heterocycles. The number of hydrogen-bond donors (Lipinski definition) is 0. The van der Waals surface area contributed by atoms with Gasteiger partial charge in [-0.15, -0.1) is 0 Å². The lowest BCUT2D eigenvalue weighted by Crippen LogP contribution is -2.42. The number of rotatable bonds is 3. The summed E-state index contributed by atoms with van der Waals surface area (Å²) < 4.78 is 11.4. The highest BCUT2D eigenvalue weighted by Crippen LogP contribution is 2.36. The van der Waals surface area contributed by atoms with E-state index in [9.17, 15) is 4.79 Å². The van der Waals surface area contributed by atoms with E-state index in [4.69, 9.17) is 9.47 Å². The molecule has 1 aromatic rings. The van der Waals surface area contributed by atoms with Crippen LogP contribution in [0.5, 0.6) is 5.75 Å². The van der Waals surface area contributed by atoms with Gasteiger partial charge >= 0.3 is 0 Å². The Morgan fingerprint density at radius 2 is 2.12 bits per heavy atom. The van der Waals surface area contributed by atoms with Crippen LogP contribution in [0, 0.1) is 0 Å². The van der Waals surface area contributed by atoms with Gasteiger partial charge in [0.25, 0.3) is 0 Å². The van der Waals surface area contributed by atoms with E-state index in [1.807, 2.05) is 37.3 Å². The topological polar surface area (TPSA) is 35.5 Å². The molecule has 3 heteroatoms. The van der Waals surface area contributed by atoms with E-state index >= 15 is 0 Å². The first-order valence-corrected chi connectivity index (χ1v) is 5.72. The van der Waals surface area contributed by atoms with Crippen molar-refractivity contribution in [2.45, 2.75) is 26.6 Å². The zero-order chi connectivity index (χ0) is 12.5. The molecule has 0 aliphatic carbocycles. The molecular formula is C14H16O3. The number of benzene rings is 1. The number of Topliss-reactive ketones (excluding diaryl/α,β-unsaturated/α-hetero) is 1. The van der Waals surface area contributed by atoms with Crippen molar-refractivity contribution in [3.8, 4) is 5.75 Å². The lowest BCUT2D eigenvalue weighted by molar-refractivity contribution is -0.147. The summed E-state index contributed by atoms with van der Waals surface area (Å²) in [5, 5.41) is 0. The molecule has 1 atom stereocenters. The fourth-order valence-corrected chi connectivity index (χ4v) is 2.05. The molecule has 3 nitrogen and oxygen atoms in total. The minimum atomic E-state index is -0.977. The Kier molecular flexibility index (Phi) is 3.03. The normalized spacial score (nSPS) is 22.4. The summed E-state index contributed by atoms with van der Waals surface area (Å²) in [6.45, 7) is 5.68. The predicted octanol–water partition coefficient (Wildman–Crippen LogP) is 2.80. The summed E-state index contributed by atoms with van der Waals surface area (Å²) in [6, 6.07) is 7.61. The van der Waals surface area contributed by atoms with Gasteiger partial charge < -0.3 is 9.47 Å². The van der Waals surface area contributed by atoms with E-state index in [-0.39, 0.29) is 5.78 Å². The second-order valence-electron chi connectivity index (χ2n) is 4.13. The average molecular weight is 232 g/mol. The van der Waals surface area contributed by atoms with Crippen LogP contribution in [0.1, 0.15) is 26.3 Å². The van der Waals surface area contributed by atoms with Gasteiger partial charge in [0, 0.05) is 19.1 Å². The third-order valence-electron chi connectivity index (χ3n) is 2.81. The molecule has 0 amide bonds. The first-order valence-electron chi connectivity index (χ1n) is 5.72. The Bertz CT molecular complexity index is 476. The molecule has 0 N–H and O–H groups in total. The molecular weight excluding hydrogens is 216 g/mol. The second kappa shape index (κ2) is 4.34. The van der Waals surface area contributed by atoms with Gasteiger partial charge in [0.2, 0.25) is 5.79 Å². The molecule has 90 valence electrons. The Morgan fingerprint density at radius 1 is 1.41 bits per heavy atom. The van der Waals surface area contributed by atoms with E-state index in [0.717, 1.165) is 11.3 Å². The third kappa shape index (κ3) is 2.11. The number of carbonyl (C=O) groups is 1. The van der Waals surface area contributed by atoms with E-state index in [1.54, 1.807) is 6.92 Å². The molecule has 0 radical (unpaired) electrons. The first kappa shape index (κ1) is 11.9. The lowest BCUT2D eigenvalue weighted by Gasteiger charge is -2.35. The number of para-hydroxylation sites is 1. The lowest BCUT2D eigenvalue weighted by atomic mass is 9.97. The fourth-order valence-electron chi connectivity index (χ4n) is 2.05. The highest BCUT2D eigenvalue weighted by Gasteiger charge is 2.38. The summed E-state index contributed by atoms with van der Waals surface area (Å²) in [6.07, 6.45) is 1.84. The van der Waals surface area contributed by atoms with Crippen LogP contribution in [-0.2, 0) is 9.53 Å². The Balaban J connectivity index is 2.50. The zero-order valence-electron chi connectivity index (χ0n) is 10.3. The van der Waals surface area contributed by atoms with E-state index in [0.29, 0.717) is 12.2 Å². The minimum Gasteiger partial charge on any atom is -0.458 e. The van der Waals surface area contributed by atoms with Crippen LogP contribution in [0.3, 0.4) is 0 Å². The second-order valence-corrected chi connectivity index (χ2v) is 4.13. The van der Waals surface area contributed by atoms with Crippen LogP contribution in [0.25, 0.3) is 6.08 Å². The highest BCUT2D eigenvalue weighted by molar-refractivity contribution is 6.00. The molecule has 0 saturated carbocycles. The maximum absolute atomic E-state index is 11.7. The summed E-state index contributed by atoms with van der Waals surface area (Å²) in [5.74, 6) is -0.265. The van der Waals surface area contributed by atoms with E-state index in [2.05, 4.69) is 0 Å². The fraction of sp³-hybridized carbons (Fsp3) is 0.357. The molecule has 1 aliphatic rings. The molecule has 1 aromatic carbocycles. The number of ether oxygens (including phenoxy) is 2. The number of carbonyl (C=O) groups excluding carboxylic acids is 1. The van der Waals surface area contributed by atoms with Crippen LogP contribution in [0.2, 0.25) is 0 Å². The summed E-state index contributed by atoms with van der Waals surface area (Å²) in [4.78, 5) is 11.7. The van der Waals surface area contributed by atoms with Crippen LogP contribution in [0.15, 0.2) is 29.8 Å². The first-order chi connectivity index (χ1) is 8.07. The van der Waals surface area contributed by atoms with Crippen molar-refractivity contribution in [2.75, 3.05) is 6.61 Å². The van der Waals surface area contributed by atoms with Crippen molar-refractivity contribution in [3.05, 3.63) is 35.4 Å². The SMILES string of the molecule is CCO[C@@]1(C)Oc2ccccc2C=C1C(C)=O. The molecule has 2 rings (SSSR count). The molecule has 0 bridgehead atoms. The highest BCUT2D eigenvalue weighted by atomic mass is 16.7. The van der Waals surface area contributed by atoms with Gasteiger partial charge in [-0.2, -0.15) is 0 Å². The molecule has 17 heavy (non-hydrogen) atoms. The maximum Gasteiger partial charge on any atom is 0.237 e. The van der Waals surface area contributed by atoms with Crippen molar-refractivity contribution < 1.29 is 14.3 Å². The van der Waals surface area contributed by atoms with Crippen molar-refractivity contribution >= 4 is 11.9 Å². The van der Waals surface area contributed by atoms with E-state index < -0.39 is 5.79 Å². The van der Waals surface area contributed by atoms with Gasteiger partial charge in [0.15, 0.2) is 5.78 Å². The molecule has 0 spiro atoms. The molecule has 0 saturated heterocycles.